The Morgan fingerprint density at radius 2 is 1.44 bits per heavy atom. The third-order valence-corrected chi connectivity index (χ3v) is 5.27. The number of benzene rings is 3. The summed E-state index contributed by atoms with van der Waals surface area (Å²) in [6, 6.07) is 14.7. The van der Waals surface area contributed by atoms with E-state index in [-0.39, 0.29) is 51.7 Å². The van der Waals surface area contributed by atoms with Crippen LogP contribution in [-0.4, -0.2) is 29.3 Å². The summed E-state index contributed by atoms with van der Waals surface area (Å²) < 4.78 is 13.1. The van der Waals surface area contributed by atoms with E-state index in [2.05, 4.69) is 10.6 Å². The quantitative estimate of drug-likeness (QED) is 0.450. The van der Waals surface area contributed by atoms with Gasteiger partial charge in [-0.3, -0.25) is 19.2 Å². The van der Waals surface area contributed by atoms with Gasteiger partial charge < -0.3 is 10.6 Å². The van der Waals surface area contributed by atoms with Crippen LogP contribution < -0.4 is 10.6 Å². The van der Waals surface area contributed by atoms with E-state index in [4.69, 9.17) is 11.6 Å². The zero-order chi connectivity index (χ0) is 22.8. The lowest BCUT2D eigenvalue weighted by atomic mass is 9.82. The Balaban J connectivity index is 1.77. The number of carbonyl (C=O) groups excluding carboxylic acids is 4. The van der Waals surface area contributed by atoms with Gasteiger partial charge in [-0.2, -0.15) is 0 Å². The van der Waals surface area contributed by atoms with Crippen molar-refractivity contribution in [2.45, 2.75) is 6.42 Å². The number of carbonyl (C=O) groups is 4. The molecule has 0 heterocycles. The highest BCUT2D eigenvalue weighted by atomic mass is 35.5. The second kappa shape index (κ2) is 8.72. The second-order valence-electron chi connectivity index (χ2n) is 7.15. The monoisotopic (exact) mass is 450 g/mol. The molecule has 2 amide bonds. The molecule has 4 rings (SSSR count). The fraction of sp³-hybridized carbons (Fsp3) is 0.0833. The van der Waals surface area contributed by atoms with Crippen LogP contribution in [0, 0.1) is 5.82 Å². The summed E-state index contributed by atoms with van der Waals surface area (Å²) in [5, 5.41) is 5.20. The van der Waals surface area contributed by atoms with Gasteiger partial charge in [-0.1, -0.05) is 36.4 Å². The van der Waals surface area contributed by atoms with E-state index < -0.39 is 23.4 Å². The van der Waals surface area contributed by atoms with Crippen LogP contribution in [0.3, 0.4) is 0 Å². The molecule has 0 spiro atoms. The second-order valence-corrected chi connectivity index (χ2v) is 7.42. The van der Waals surface area contributed by atoms with Gasteiger partial charge in [0.05, 0.1) is 23.4 Å². The van der Waals surface area contributed by atoms with Crippen molar-refractivity contribution in [3.8, 4) is 0 Å². The summed E-state index contributed by atoms with van der Waals surface area (Å²) in [5.74, 6) is -2.63. The fourth-order valence-electron chi connectivity index (χ4n) is 3.58. The SMILES string of the molecule is O=C(CCl)Nc1ccc2c(c1NC(=O)Cc1ccc(F)cc1)C(=O)c1ccccc1C2=O. The van der Waals surface area contributed by atoms with Crippen LogP contribution in [0.25, 0.3) is 0 Å². The number of hydrogen-bond acceptors (Lipinski definition) is 4. The van der Waals surface area contributed by atoms with Crippen molar-refractivity contribution < 1.29 is 23.6 Å². The van der Waals surface area contributed by atoms with E-state index >= 15 is 0 Å². The number of alkyl halides is 1. The molecule has 0 radical (unpaired) electrons. The minimum Gasteiger partial charge on any atom is -0.323 e. The number of anilines is 2. The molecule has 0 fully saturated rings. The number of rotatable bonds is 5. The van der Waals surface area contributed by atoms with Gasteiger partial charge in [0.1, 0.15) is 11.7 Å². The number of amides is 2. The summed E-state index contributed by atoms with van der Waals surface area (Å²) in [7, 11) is 0. The summed E-state index contributed by atoms with van der Waals surface area (Å²) in [4.78, 5) is 50.9. The summed E-state index contributed by atoms with van der Waals surface area (Å²) in [5.41, 5.74) is 1.30. The molecule has 0 saturated carbocycles. The van der Waals surface area contributed by atoms with Gasteiger partial charge in [-0.15, -0.1) is 11.6 Å². The first-order valence-corrected chi connectivity index (χ1v) is 10.2. The van der Waals surface area contributed by atoms with Gasteiger partial charge in [0, 0.05) is 16.7 Å². The van der Waals surface area contributed by atoms with Crippen molar-refractivity contribution in [3.05, 3.63) is 94.3 Å². The largest absolute Gasteiger partial charge is 0.323 e. The summed E-state index contributed by atoms with van der Waals surface area (Å²) in [6.07, 6.45) is -0.106. The highest BCUT2D eigenvalue weighted by Crippen LogP contribution is 2.36. The Hall–Kier alpha value is -3.84. The first-order chi connectivity index (χ1) is 15.4. The number of halogens is 2. The standard InChI is InChI=1S/C24H16ClFN2O4/c25-12-20(30)27-18-10-9-17-21(24(32)16-4-2-1-3-15(16)23(17)31)22(18)28-19(29)11-13-5-7-14(26)8-6-13/h1-10H,11-12H2,(H,27,30)(H,28,29). The highest BCUT2D eigenvalue weighted by molar-refractivity contribution is 6.32. The number of nitrogens with one attached hydrogen (secondary N) is 2. The van der Waals surface area contributed by atoms with Crippen molar-refractivity contribution >= 4 is 46.4 Å². The molecule has 0 saturated heterocycles. The molecule has 6 nitrogen and oxygen atoms in total. The minimum absolute atomic E-state index is 0.00599. The molecule has 0 aromatic heterocycles. The van der Waals surface area contributed by atoms with Gasteiger partial charge in [-0.05, 0) is 29.8 Å². The molecule has 0 unspecified atom stereocenters. The van der Waals surface area contributed by atoms with E-state index in [1.807, 2.05) is 0 Å². The molecular weight excluding hydrogens is 435 g/mol. The van der Waals surface area contributed by atoms with Gasteiger partial charge in [0.2, 0.25) is 11.8 Å². The van der Waals surface area contributed by atoms with Crippen LogP contribution >= 0.6 is 11.6 Å². The molecule has 3 aromatic rings. The minimum atomic E-state index is -0.546. The molecule has 1 aliphatic carbocycles. The van der Waals surface area contributed by atoms with Crippen molar-refractivity contribution in [1.82, 2.24) is 0 Å². The molecule has 0 bridgehead atoms. The molecule has 2 N–H and O–H groups in total. The predicted molar refractivity (Wildman–Crippen MR) is 118 cm³/mol. The van der Waals surface area contributed by atoms with E-state index in [1.165, 1.54) is 42.5 Å². The Labute approximate surface area is 187 Å². The molecule has 32 heavy (non-hydrogen) atoms. The molecular formula is C24H16ClFN2O4. The number of ketones is 2. The maximum atomic E-state index is 13.3. The van der Waals surface area contributed by atoms with Gasteiger partial charge in [-0.25, -0.2) is 4.39 Å². The molecule has 8 heteroatoms. The lowest BCUT2D eigenvalue weighted by molar-refractivity contribution is -0.116. The average Bonchev–Trinajstić information content (AvgIpc) is 2.79. The van der Waals surface area contributed by atoms with Crippen molar-refractivity contribution in [2.75, 3.05) is 16.5 Å². The first-order valence-electron chi connectivity index (χ1n) is 9.64. The van der Waals surface area contributed by atoms with Gasteiger partial charge in [0.15, 0.2) is 11.6 Å². The predicted octanol–water partition coefficient (Wildman–Crippen LogP) is 3.96. The van der Waals surface area contributed by atoms with Crippen LogP contribution in [0.15, 0.2) is 60.7 Å². The third-order valence-electron chi connectivity index (χ3n) is 5.03. The van der Waals surface area contributed by atoms with Gasteiger partial charge in [0.25, 0.3) is 0 Å². The lowest BCUT2D eigenvalue weighted by Gasteiger charge is -2.23. The third kappa shape index (κ3) is 4.02. The molecule has 3 aromatic carbocycles. The maximum Gasteiger partial charge on any atom is 0.239 e. The van der Waals surface area contributed by atoms with Crippen molar-refractivity contribution in [3.63, 3.8) is 0 Å². The zero-order valence-electron chi connectivity index (χ0n) is 16.6. The van der Waals surface area contributed by atoms with E-state index in [0.717, 1.165) is 0 Å². The van der Waals surface area contributed by atoms with Crippen molar-refractivity contribution in [2.24, 2.45) is 0 Å². The summed E-state index contributed by atoms with van der Waals surface area (Å²) in [6.45, 7) is 0. The lowest BCUT2D eigenvalue weighted by Crippen LogP contribution is -2.26. The van der Waals surface area contributed by atoms with E-state index in [9.17, 15) is 23.6 Å². The summed E-state index contributed by atoms with van der Waals surface area (Å²) >= 11 is 5.59. The first kappa shape index (κ1) is 21.4. The zero-order valence-corrected chi connectivity index (χ0v) is 17.3. The van der Waals surface area contributed by atoms with Crippen LogP contribution in [0.1, 0.15) is 37.4 Å². The van der Waals surface area contributed by atoms with Crippen LogP contribution in [-0.2, 0) is 16.0 Å². The Kier molecular flexibility index (Phi) is 5.83. The molecule has 1 aliphatic rings. The highest BCUT2D eigenvalue weighted by Gasteiger charge is 2.33. The topological polar surface area (TPSA) is 92.3 Å². The Morgan fingerprint density at radius 1 is 0.781 bits per heavy atom. The Bertz CT molecular complexity index is 1270. The van der Waals surface area contributed by atoms with Crippen LogP contribution in [0.4, 0.5) is 15.8 Å². The molecule has 0 atom stereocenters. The average molecular weight is 451 g/mol. The Morgan fingerprint density at radius 3 is 2.09 bits per heavy atom. The fourth-order valence-corrected chi connectivity index (χ4v) is 3.64. The van der Waals surface area contributed by atoms with E-state index in [0.29, 0.717) is 5.56 Å². The molecule has 0 aliphatic heterocycles. The number of fused-ring (bicyclic) bond motifs is 2. The molecule has 160 valence electrons. The van der Waals surface area contributed by atoms with Crippen LogP contribution in [0.2, 0.25) is 0 Å². The smallest absolute Gasteiger partial charge is 0.239 e. The maximum absolute atomic E-state index is 13.3. The van der Waals surface area contributed by atoms with E-state index in [1.54, 1.807) is 18.2 Å². The van der Waals surface area contributed by atoms with Gasteiger partial charge >= 0.3 is 0 Å². The normalized spacial score (nSPS) is 12.1. The van der Waals surface area contributed by atoms with Crippen LogP contribution in [0.5, 0.6) is 0 Å². The number of hydrogen-bond donors (Lipinski definition) is 2. The van der Waals surface area contributed by atoms with Crippen molar-refractivity contribution in [1.29, 1.82) is 0 Å².